The van der Waals surface area contributed by atoms with Crippen molar-refractivity contribution in [2.75, 3.05) is 12.0 Å². The molecule has 4 aromatic rings. The molecule has 8 nitrogen and oxygen atoms in total. The monoisotopic (exact) mass is 582 g/mol. The third-order valence-electron chi connectivity index (χ3n) is 6.58. The standard InChI is InChI=1S/C33H30N2O6S/c1-22-7-3-4-8-26(22)28-21-24(15-18-27(28)32(36)34-29(33(37)38)19-20-42-2)12-11-23-13-16-25(17-14-23)41-31-10-6-5-9-30(31)35(39)40/h3-18,21,29H,19-20H2,1-2H3,(H,34,36)(H,37,38)/b12-11+/t29-/m0/s1. The molecule has 214 valence electrons. The fourth-order valence-electron chi connectivity index (χ4n) is 4.35. The first-order valence-electron chi connectivity index (χ1n) is 13.2. The summed E-state index contributed by atoms with van der Waals surface area (Å²) in [6, 6.07) is 25.5. The third-order valence-corrected chi connectivity index (χ3v) is 7.22. The van der Waals surface area contributed by atoms with Crippen LogP contribution in [0.4, 0.5) is 5.69 Å². The van der Waals surface area contributed by atoms with E-state index in [1.165, 1.54) is 17.8 Å². The number of aryl methyl sites for hydroxylation is 1. The molecule has 4 rings (SSSR count). The lowest BCUT2D eigenvalue weighted by molar-refractivity contribution is -0.385. The van der Waals surface area contributed by atoms with Crippen LogP contribution in [0.15, 0.2) is 91.0 Å². The molecule has 0 saturated carbocycles. The van der Waals surface area contributed by atoms with E-state index >= 15 is 0 Å². The number of ether oxygens (including phenoxy) is 1. The van der Waals surface area contributed by atoms with E-state index in [0.29, 0.717) is 29.1 Å². The van der Waals surface area contributed by atoms with Crippen molar-refractivity contribution in [1.82, 2.24) is 5.32 Å². The fraction of sp³-hybridized carbons (Fsp3) is 0.152. The van der Waals surface area contributed by atoms with Gasteiger partial charge in [0.25, 0.3) is 5.91 Å². The van der Waals surface area contributed by atoms with Crippen molar-refractivity contribution in [2.24, 2.45) is 0 Å². The second-order valence-electron chi connectivity index (χ2n) is 9.49. The number of carbonyl (C=O) groups excluding carboxylic acids is 1. The number of carboxylic acids is 1. The number of carboxylic acid groups (broad SMARTS) is 1. The summed E-state index contributed by atoms with van der Waals surface area (Å²) >= 11 is 1.53. The predicted octanol–water partition coefficient (Wildman–Crippen LogP) is 7.47. The minimum absolute atomic E-state index is 0.110. The Labute approximate surface area is 248 Å². The Morgan fingerprint density at radius 3 is 2.31 bits per heavy atom. The van der Waals surface area contributed by atoms with Crippen molar-refractivity contribution >= 4 is 41.5 Å². The number of nitrogens with zero attached hydrogens (tertiary/aromatic N) is 1. The Bertz CT molecular complexity index is 1620. The first kappa shape index (κ1) is 30.1. The molecule has 0 aliphatic heterocycles. The van der Waals surface area contributed by atoms with E-state index in [-0.39, 0.29) is 11.4 Å². The number of hydrogen-bond acceptors (Lipinski definition) is 6. The zero-order valence-corrected chi connectivity index (χ0v) is 24.0. The average molecular weight is 583 g/mol. The maximum atomic E-state index is 13.3. The van der Waals surface area contributed by atoms with Crippen molar-refractivity contribution < 1.29 is 24.4 Å². The molecule has 9 heteroatoms. The summed E-state index contributed by atoms with van der Waals surface area (Å²) in [5.74, 6) is -0.252. The van der Waals surface area contributed by atoms with Crippen molar-refractivity contribution in [1.29, 1.82) is 0 Å². The molecule has 1 atom stereocenters. The summed E-state index contributed by atoms with van der Waals surface area (Å²) in [4.78, 5) is 35.8. The van der Waals surface area contributed by atoms with Crippen molar-refractivity contribution in [3.63, 3.8) is 0 Å². The Morgan fingerprint density at radius 1 is 0.952 bits per heavy atom. The number of amides is 1. The Morgan fingerprint density at radius 2 is 1.62 bits per heavy atom. The molecule has 0 saturated heterocycles. The number of rotatable bonds is 12. The lowest BCUT2D eigenvalue weighted by atomic mass is 9.93. The Balaban J connectivity index is 1.58. The minimum Gasteiger partial charge on any atom is -0.480 e. The average Bonchev–Trinajstić information content (AvgIpc) is 2.99. The molecule has 0 spiro atoms. The van der Waals surface area contributed by atoms with Gasteiger partial charge in [-0.15, -0.1) is 0 Å². The van der Waals surface area contributed by atoms with E-state index in [1.54, 1.807) is 36.4 Å². The summed E-state index contributed by atoms with van der Waals surface area (Å²) in [5.41, 5.74) is 4.58. The highest BCUT2D eigenvalue weighted by Crippen LogP contribution is 2.32. The summed E-state index contributed by atoms with van der Waals surface area (Å²) in [6.07, 6.45) is 6.05. The van der Waals surface area contributed by atoms with Gasteiger partial charge in [-0.1, -0.05) is 66.7 Å². The van der Waals surface area contributed by atoms with Gasteiger partial charge in [0.15, 0.2) is 0 Å². The maximum Gasteiger partial charge on any atom is 0.326 e. The van der Waals surface area contributed by atoms with Crippen molar-refractivity contribution in [3.8, 4) is 22.6 Å². The van der Waals surface area contributed by atoms with Gasteiger partial charge in [0.2, 0.25) is 5.75 Å². The van der Waals surface area contributed by atoms with Gasteiger partial charge in [-0.05, 0) is 83.5 Å². The molecule has 1 amide bonds. The normalized spacial score (nSPS) is 11.7. The van der Waals surface area contributed by atoms with Gasteiger partial charge in [0.1, 0.15) is 11.8 Å². The number of hydrogen-bond donors (Lipinski definition) is 2. The first-order chi connectivity index (χ1) is 20.3. The molecule has 0 aliphatic carbocycles. The molecule has 0 aliphatic rings. The van der Waals surface area contributed by atoms with Gasteiger partial charge in [0.05, 0.1) is 4.92 Å². The first-order valence-corrected chi connectivity index (χ1v) is 14.6. The van der Waals surface area contributed by atoms with Crippen LogP contribution in [-0.4, -0.2) is 40.0 Å². The van der Waals surface area contributed by atoms with E-state index in [1.807, 2.05) is 73.9 Å². The molecule has 0 radical (unpaired) electrons. The quantitative estimate of drug-likeness (QED) is 0.101. The molecule has 42 heavy (non-hydrogen) atoms. The van der Waals surface area contributed by atoms with Crippen LogP contribution in [0.25, 0.3) is 23.3 Å². The lowest BCUT2D eigenvalue weighted by Gasteiger charge is -2.17. The van der Waals surface area contributed by atoms with Gasteiger partial charge in [-0.2, -0.15) is 11.8 Å². The van der Waals surface area contributed by atoms with Crippen LogP contribution in [0, 0.1) is 17.0 Å². The number of nitrogens with one attached hydrogen (secondary N) is 1. The highest BCUT2D eigenvalue weighted by molar-refractivity contribution is 7.98. The van der Waals surface area contributed by atoms with E-state index in [0.717, 1.165) is 22.3 Å². The summed E-state index contributed by atoms with van der Waals surface area (Å²) in [6.45, 7) is 1.96. The summed E-state index contributed by atoms with van der Waals surface area (Å²) < 4.78 is 5.72. The number of aliphatic carboxylic acids is 1. The van der Waals surface area contributed by atoms with Gasteiger partial charge < -0.3 is 15.2 Å². The van der Waals surface area contributed by atoms with Crippen LogP contribution in [0.2, 0.25) is 0 Å². The van der Waals surface area contributed by atoms with E-state index in [2.05, 4.69) is 5.32 Å². The van der Waals surface area contributed by atoms with Crippen LogP contribution >= 0.6 is 11.8 Å². The molecule has 0 bridgehead atoms. The Kier molecular flexibility index (Phi) is 10.1. The van der Waals surface area contributed by atoms with E-state index < -0.39 is 22.8 Å². The molecule has 0 fully saturated rings. The molecule has 0 aromatic heterocycles. The molecular formula is C33H30N2O6S. The third kappa shape index (κ3) is 7.64. The van der Waals surface area contributed by atoms with Crippen LogP contribution in [-0.2, 0) is 4.79 Å². The topological polar surface area (TPSA) is 119 Å². The predicted molar refractivity (Wildman–Crippen MR) is 167 cm³/mol. The second-order valence-corrected chi connectivity index (χ2v) is 10.5. The second kappa shape index (κ2) is 14.1. The van der Waals surface area contributed by atoms with Crippen molar-refractivity contribution in [3.05, 3.63) is 123 Å². The number of para-hydroxylation sites is 2. The van der Waals surface area contributed by atoms with Gasteiger partial charge in [-0.25, -0.2) is 4.79 Å². The van der Waals surface area contributed by atoms with Crippen molar-refractivity contribution in [2.45, 2.75) is 19.4 Å². The molecule has 0 heterocycles. The Hall–Kier alpha value is -4.89. The zero-order chi connectivity index (χ0) is 30.1. The van der Waals surface area contributed by atoms with E-state index in [9.17, 15) is 24.8 Å². The van der Waals surface area contributed by atoms with Crippen LogP contribution in [0.5, 0.6) is 11.5 Å². The summed E-state index contributed by atoms with van der Waals surface area (Å²) in [7, 11) is 0. The van der Waals surface area contributed by atoms with Gasteiger partial charge in [0, 0.05) is 11.6 Å². The molecule has 0 unspecified atom stereocenters. The smallest absolute Gasteiger partial charge is 0.326 e. The van der Waals surface area contributed by atoms with Gasteiger partial charge in [-0.3, -0.25) is 14.9 Å². The molecule has 4 aromatic carbocycles. The number of nitro groups is 1. The van der Waals surface area contributed by atoms with E-state index in [4.69, 9.17) is 4.74 Å². The summed E-state index contributed by atoms with van der Waals surface area (Å²) in [5, 5.41) is 23.6. The maximum absolute atomic E-state index is 13.3. The van der Waals surface area contributed by atoms with Crippen LogP contribution in [0.3, 0.4) is 0 Å². The fourth-order valence-corrected chi connectivity index (χ4v) is 4.82. The minimum atomic E-state index is -1.06. The highest BCUT2D eigenvalue weighted by Gasteiger charge is 2.22. The zero-order valence-electron chi connectivity index (χ0n) is 23.2. The number of benzene rings is 4. The number of nitro benzene ring substituents is 1. The van der Waals surface area contributed by atoms with Crippen LogP contribution < -0.4 is 10.1 Å². The largest absolute Gasteiger partial charge is 0.480 e. The van der Waals surface area contributed by atoms with Crippen LogP contribution in [0.1, 0.15) is 33.5 Å². The number of thioether (sulfide) groups is 1. The van der Waals surface area contributed by atoms with Gasteiger partial charge >= 0.3 is 11.7 Å². The highest BCUT2D eigenvalue weighted by atomic mass is 32.2. The lowest BCUT2D eigenvalue weighted by Crippen LogP contribution is -2.41. The molecular weight excluding hydrogens is 552 g/mol. The SMILES string of the molecule is CSCC[C@H](NC(=O)c1ccc(/C=C/c2ccc(Oc3ccccc3[N+](=O)[O-])cc2)cc1-c1ccccc1C)C(=O)O. The number of carbonyl (C=O) groups is 2. The molecule has 2 N–H and O–H groups in total.